The van der Waals surface area contributed by atoms with Crippen LogP contribution in [-0.4, -0.2) is 36.3 Å². The largest absolute Gasteiger partial charge is 0.368 e. The number of hydrogen-bond donors (Lipinski definition) is 2. The Hall–Kier alpha value is -2.61. The molecule has 0 aliphatic heterocycles. The molecule has 0 bridgehead atoms. The van der Waals surface area contributed by atoms with Crippen LogP contribution in [0.4, 0.5) is 5.95 Å². The number of nitrogens with two attached hydrogens (primary N) is 1. The van der Waals surface area contributed by atoms with Crippen molar-refractivity contribution in [2.75, 3.05) is 11.5 Å². The summed E-state index contributed by atoms with van der Waals surface area (Å²) in [5.41, 5.74) is 8.00. The highest BCUT2D eigenvalue weighted by atomic mass is 32.2. The number of H-pyrrole nitrogens is 1. The molecule has 23 heavy (non-hydrogen) atoms. The fourth-order valence-corrected chi connectivity index (χ4v) is 3.10. The predicted molar refractivity (Wildman–Crippen MR) is 88.9 cm³/mol. The van der Waals surface area contributed by atoms with E-state index >= 15 is 0 Å². The summed E-state index contributed by atoms with van der Waals surface area (Å²) in [7, 11) is 0. The Labute approximate surface area is 137 Å². The Kier molecular flexibility index (Phi) is 4.16. The Bertz CT molecular complexity index is 839. The SMILES string of the molecule is Cc1cc(C(=O)CSc2n[nH]c(N)n2)c(C)n1-c1ccccn1. The second-order valence-electron chi connectivity index (χ2n) is 5.02. The van der Waals surface area contributed by atoms with Gasteiger partial charge in [-0.05, 0) is 32.0 Å². The van der Waals surface area contributed by atoms with Gasteiger partial charge in [-0.25, -0.2) is 10.1 Å². The van der Waals surface area contributed by atoms with Crippen LogP contribution in [0.3, 0.4) is 0 Å². The van der Waals surface area contributed by atoms with Crippen molar-refractivity contribution in [1.29, 1.82) is 0 Å². The highest BCUT2D eigenvalue weighted by Gasteiger charge is 2.18. The van der Waals surface area contributed by atoms with Crippen LogP contribution in [-0.2, 0) is 0 Å². The van der Waals surface area contributed by atoms with E-state index in [0.29, 0.717) is 10.7 Å². The molecular formula is C15H16N6OS. The summed E-state index contributed by atoms with van der Waals surface area (Å²) in [6.07, 6.45) is 1.74. The molecule has 0 fully saturated rings. The van der Waals surface area contributed by atoms with E-state index in [1.54, 1.807) is 6.20 Å². The number of Topliss-reactive ketones (excluding diaryl/α,β-unsaturated/α-hetero) is 1. The number of aromatic amines is 1. The van der Waals surface area contributed by atoms with Crippen LogP contribution < -0.4 is 5.73 Å². The van der Waals surface area contributed by atoms with E-state index in [1.807, 2.05) is 42.7 Å². The van der Waals surface area contributed by atoms with Gasteiger partial charge in [0.1, 0.15) is 5.82 Å². The van der Waals surface area contributed by atoms with Crippen LogP contribution in [0.2, 0.25) is 0 Å². The van der Waals surface area contributed by atoms with Crippen LogP contribution in [0.15, 0.2) is 35.6 Å². The van der Waals surface area contributed by atoms with Gasteiger partial charge in [0, 0.05) is 23.1 Å². The van der Waals surface area contributed by atoms with Crippen LogP contribution in [0, 0.1) is 13.8 Å². The van der Waals surface area contributed by atoms with Crippen LogP contribution in [0.1, 0.15) is 21.7 Å². The van der Waals surface area contributed by atoms with Gasteiger partial charge < -0.3 is 10.3 Å². The molecule has 3 heterocycles. The van der Waals surface area contributed by atoms with E-state index < -0.39 is 0 Å². The van der Waals surface area contributed by atoms with Crippen molar-refractivity contribution in [1.82, 2.24) is 24.7 Å². The minimum absolute atomic E-state index is 0.0219. The van der Waals surface area contributed by atoms with Gasteiger partial charge in [0.2, 0.25) is 11.1 Å². The fraction of sp³-hybridized carbons (Fsp3) is 0.200. The number of nitrogens with one attached hydrogen (secondary N) is 1. The second-order valence-corrected chi connectivity index (χ2v) is 5.97. The summed E-state index contributed by atoms with van der Waals surface area (Å²) in [6, 6.07) is 7.59. The van der Waals surface area contributed by atoms with Crippen molar-refractivity contribution < 1.29 is 4.79 Å². The normalized spacial score (nSPS) is 10.9. The smallest absolute Gasteiger partial charge is 0.216 e. The number of ketones is 1. The lowest BCUT2D eigenvalue weighted by Gasteiger charge is -2.08. The molecule has 0 saturated carbocycles. The van der Waals surface area contributed by atoms with Gasteiger partial charge in [-0.1, -0.05) is 17.8 Å². The van der Waals surface area contributed by atoms with Gasteiger partial charge in [0.15, 0.2) is 5.78 Å². The average molecular weight is 328 g/mol. The molecule has 0 aliphatic rings. The van der Waals surface area contributed by atoms with E-state index in [-0.39, 0.29) is 17.5 Å². The van der Waals surface area contributed by atoms with Gasteiger partial charge in [-0.15, -0.1) is 5.10 Å². The number of nitrogens with zero attached hydrogens (tertiary/aromatic N) is 4. The molecule has 0 aliphatic carbocycles. The zero-order valence-electron chi connectivity index (χ0n) is 12.8. The Morgan fingerprint density at radius 3 is 2.87 bits per heavy atom. The molecule has 0 amide bonds. The van der Waals surface area contributed by atoms with Gasteiger partial charge >= 0.3 is 0 Å². The van der Waals surface area contributed by atoms with Crippen molar-refractivity contribution >= 4 is 23.5 Å². The maximum Gasteiger partial charge on any atom is 0.216 e. The zero-order valence-corrected chi connectivity index (χ0v) is 13.6. The van der Waals surface area contributed by atoms with E-state index in [9.17, 15) is 4.79 Å². The molecule has 3 aromatic rings. The zero-order chi connectivity index (χ0) is 16.4. The molecule has 3 N–H and O–H groups in total. The number of carbonyl (C=O) groups excluding carboxylic acids is 1. The average Bonchev–Trinajstić information content (AvgIpc) is 3.09. The van der Waals surface area contributed by atoms with Gasteiger partial charge in [0.05, 0.1) is 5.75 Å². The lowest BCUT2D eigenvalue weighted by molar-refractivity contribution is 0.102. The first-order valence-electron chi connectivity index (χ1n) is 7.00. The first-order chi connectivity index (χ1) is 11.1. The number of thioether (sulfide) groups is 1. The molecule has 0 spiro atoms. The summed E-state index contributed by atoms with van der Waals surface area (Å²) in [6.45, 7) is 3.88. The fourth-order valence-electron chi connectivity index (χ4n) is 2.41. The lowest BCUT2D eigenvalue weighted by Crippen LogP contribution is -2.06. The molecule has 118 valence electrons. The number of carbonyl (C=O) groups is 1. The molecule has 0 aromatic carbocycles. The maximum atomic E-state index is 12.5. The Balaban J connectivity index is 1.82. The van der Waals surface area contributed by atoms with E-state index in [1.165, 1.54) is 11.8 Å². The van der Waals surface area contributed by atoms with Crippen molar-refractivity contribution in [3.63, 3.8) is 0 Å². The Morgan fingerprint density at radius 2 is 2.22 bits per heavy atom. The number of nitrogen functional groups attached to an aromatic ring is 1. The third kappa shape index (κ3) is 3.11. The highest BCUT2D eigenvalue weighted by molar-refractivity contribution is 7.99. The summed E-state index contributed by atoms with van der Waals surface area (Å²) < 4.78 is 1.97. The second kappa shape index (κ2) is 6.25. The molecule has 0 unspecified atom stereocenters. The minimum Gasteiger partial charge on any atom is -0.368 e. The van der Waals surface area contributed by atoms with Gasteiger partial charge in [0.25, 0.3) is 0 Å². The molecule has 8 heteroatoms. The summed E-state index contributed by atoms with van der Waals surface area (Å²) in [5.74, 6) is 1.32. The molecule has 0 radical (unpaired) electrons. The summed E-state index contributed by atoms with van der Waals surface area (Å²) in [4.78, 5) is 20.8. The molecular weight excluding hydrogens is 312 g/mol. The quantitative estimate of drug-likeness (QED) is 0.549. The van der Waals surface area contributed by atoms with E-state index in [4.69, 9.17) is 5.73 Å². The highest BCUT2D eigenvalue weighted by Crippen LogP contribution is 2.22. The van der Waals surface area contributed by atoms with E-state index in [0.717, 1.165) is 17.2 Å². The van der Waals surface area contributed by atoms with Crippen LogP contribution in [0.5, 0.6) is 0 Å². The number of aryl methyl sites for hydroxylation is 1. The number of anilines is 1. The molecule has 3 aromatic heterocycles. The number of rotatable bonds is 5. The third-order valence-corrected chi connectivity index (χ3v) is 4.27. The van der Waals surface area contributed by atoms with Crippen molar-refractivity contribution in [2.45, 2.75) is 19.0 Å². The first-order valence-corrected chi connectivity index (χ1v) is 7.99. The van der Waals surface area contributed by atoms with Crippen LogP contribution in [0.25, 0.3) is 5.82 Å². The van der Waals surface area contributed by atoms with Crippen molar-refractivity contribution in [3.05, 3.63) is 47.4 Å². The molecule has 7 nitrogen and oxygen atoms in total. The Morgan fingerprint density at radius 1 is 1.39 bits per heavy atom. The predicted octanol–water partition coefficient (Wildman–Crippen LogP) is 2.16. The number of aromatic nitrogens is 5. The monoisotopic (exact) mass is 328 g/mol. The topological polar surface area (TPSA) is 102 Å². The number of hydrogen-bond acceptors (Lipinski definition) is 6. The van der Waals surface area contributed by atoms with Crippen LogP contribution >= 0.6 is 11.8 Å². The van der Waals surface area contributed by atoms with Crippen molar-refractivity contribution in [3.8, 4) is 5.82 Å². The molecule has 0 atom stereocenters. The summed E-state index contributed by atoms with van der Waals surface area (Å²) in [5, 5.41) is 6.93. The van der Waals surface area contributed by atoms with Gasteiger partial charge in [-0.3, -0.25) is 4.79 Å². The summed E-state index contributed by atoms with van der Waals surface area (Å²) >= 11 is 1.26. The first kappa shape index (κ1) is 15.3. The van der Waals surface area contributed by atoms with Gasteiger partial charge in [-0.2, -0.15) is 4.98 Å². The standard InChI is InChI=1S/C15H16N6OS/c1-9-7-11(10(2)21(9)13-5-3-4-6-17-13)12(22)8-23-15-18-14(16)19-20-15/h3-7H,8H2,1-2H3,(H3,16,18,19,20). The van der Waals surface area contributed by atoms with E-state index in [2.05, 4.69) is 20.2 Å². The molecule has 3 rings (SSSR count). The third-order valence-electron chi connectivity index (χ3n) is 3.42. The lowest BCUT2D eigenvalue weighted by atomic mass is 10.2. The van der Waals surface area contributed by atoms with Crippen molar-refractivity contribution in [2.24, 2.45) is 0 Å². The minimum atomic E-state index is 0.0219. The number of pyridine rings is 1. The maximum absolute atomic E-state index is 12.5. The molecule has 0 saturated heterocycles.